The molecule has 0 aliphatic carbocycles. The molecule has 0 unspecified atom stereocenters. The molecule has 1 atom stereocenters. The lowest BCUT2D eigenvalue weighted by atomic mass is 9.92. The highest BCUT2D eigenvalue weighted by molar-refractivity contribution is 6.12. The average molecular weight is 489 g/mol. The van der Waals surface area contributed by atoms with Crippen molar-refractivity contribution >= 4 is 17.5 Å². The van der Waals surface area contributed by atoms with Crippen molar-refractivity contribution in [1.29, 1.82) is 0 Å². The molecule has 2 amide bonds. The van der Waals surface area contributed by atoms with Crippen molar-refractivity contribution < 1.29 is 14.3 Å². The van der Waals surface area contributed by atoms with Crippen molar-refractivity contribution in [3.8, 4) is 17.0 Å². The summed E-state index contributed by atoms with van der Waals surface area (Å²) in [5.41, 5.74) is 2.70. The van der Waals surface area contributed by atoms with E-state index in [4.69, 9.17) is 9.84 Å². The topological polar surface area (TPSA) is 76.5 Å². The summed E-state index contributed by atoms with van der Waals surface area (Å²) < 4.78 is 7.23. The summed E-state index contributed by atoms with van der Waals surface area (Å²) in [7, 11) is 0. The van der Waals surface area contributed by atoms with Gasteiger partial charge in [-0.3, -0.25) is 19.2 Å². The number of carbonyl (C=O) groups is 2. The first-order valence-electron chi connectivity index (χ1n) is 12.8. The number of hydrogen-bond acceptors (Lipinski definition) is 4. The first-order valence-corrected chi connectivity index (χ1v) is 12.8. The molecule has 1 N–H and O–H groups in total. The number of amides is 2. The lowest BCUT2D eigenvalue weighted by molar-refractivity contribution is -0.126. The van der Waals surface area contributed by atoms with E-state index in [1.165, 1.54) is 0 Å². The standard InChI is InChI=1S/C29H36N4O3/c1-6-21-10-8-9-11-25(21)33-27(34)26-18-24(22-12-14-23(15-13-22)36-7-2)31-32(26)19-29(33,5)28(35)30-17-16-20(3)4/h8-15,18,20H,6-7,16-17,19H2,1-5H3,(H,30,35)/t29-/m1/s1. The predicted octanol–water partition coefficient (Wildman–Crippen LogP) is 5.09. The maximum atomic E-state index is 14.0. The van der Waals surface area contributed by atoms with E-state index in [0.717, 1.165) is 35.4 Å². The van der Waals surface area contributed by atoms with Crippen molar-refractivity contribution in [2.75, 3.05) is 18.1 Å². The molecular formula is C29H36N4O3. The van der Waals surface area contributed by atoms with Gasteiger partial charge in [-0.2, -0.15) is 5.10 Å². The number of aryl methyl sites for hydroxylation is 1. The van der Waals surface area contributed by atoms with Crippen LogP contribution in [0, 0.1) is 5.92 Å². The van der Waals surface area contributed by atoms with E-state index in [1.807, 2.05) is 68.4 Å². The fourth-order valence-corrected chi connectivity index (χ4v) is 4.68. The predicted molar refractivity (Wildman–Crippen MR) is 142 cm³/mol. The molecule has 2 aromatic carbocycles. The van der Waals surface area contributed by atoms with Gasteiger partial charge in [0, 0.05) is 17.8 Å². The van der Waals surface area contributed by atoms with Gasteiger partial charge in [-0.25, -0.2) is 0 Å². The second kappa shape index (κ2) is 10.6. The van der Waals surface area contributed by atoms with E-state index < -0.39 is 5.54 Å². The largest absolute Gasteiger partial charge is 0.494 e. The molecule has 0 radical (unpaired) electrons. The zero-order valence-corrected chi connectivity index (χ0v) is 21.9. The molecule has 1 aliphatic heterocycles. The molecule has 0 saturated heterocycles. The number of ether oxygens (including phenoxy) is 1. The quantitative estimate of drug-likeness (QED) is 0.455. The second-order valence-corrected chi connectivity index (χ2v) is 9.86. The van der Waals surface area contributed by atoms with Gasteiger partial charge >= 0.3 is 0 Å². The molecule has 0 spiro atoms. The fourth-order valence-electron chi connectivity index (χ4n) is 4.68. The third-order valence-electron chi connectivity index (χ3n) is 6.72. The number of fused-ring (bicyclic) bond motifs is 1. The molecule has 0 fully saturated rings. The van der Waals surface area contributed by atoms with Crippen molar-refractivity contribution in [3.63, 3.8) is 0 Å². The zero-order valence-electron chi connectivity index (χ0n) is 21.9. The third kappa shape index (κ3) is 4.87. The van der Waals surface area contributed by atoms with Crippen LogP contribution in [0.2, 0.25) is 0 Å². The van der Waals surface area contributed by atoms with E-state index in [-0.39, 0.29) is 18.4 Å². The van der Waals surface area contributed by atoms with Crippen LogP contribution in [-0.4, -0.2) is 40.3 Å². The summed E-state index contributed by atoms with van der Waals surface area (Å²) in [4.78, 5) is 29.4. The lowest BCUT2D eigenvalue weighted by Crippen LogP contribution is -2.64. The zero-order chi connectivity index (χ0) is 25.9. The Hall–Kier alpha value is -3.61. The molecule has 0 bridgehead atoms. The lowest BCUT2D eigenvalue weighted by Gasteiger charge is -2.43. The maximum absolute atomic E-state index is 14.0. The molecule has 36 heavy (non-hydrogen) atoms. The van der Waals surface area contributed by atoms with Gasteiger partial charge in [0.2, 0.25) is 5.91 Å². The van der Waals surface area contributed by atoms with Crippen molar-refractivity contribution in [1.82, 2.24) is 15.1 Å². The number of nitrogens with one attached hydrogen (secondary N) is 1. The Morgan fingerprint density at radius 3 is 2.53 bits per heavy atom. The number of rotatable bonds is 9. The summed E-state index contributed by atoms with van der Waals surface area (Å²) in [6, 6.07) is 17.3. The van der Waals surface area contributed by atoms with Gasteiger partial charge < -0.3 is 10.1 Å². The third-order valence-corrected chi connectivity index (χ3v) is 6.72. The van der Waals surface area contributed by atoms with Gasteiger partial charge in [0.25, 0.3) is 5.91 Å². The molecule has 190 valence electrons. The smallest absolute Gasteiger partial charge is 0.277 e. The Bertz CT molecular complexity index is 1230. The molecular weight excluding hydrogens is 452 g/mol. The Balaban J connectivity index is 1.75. The molecule has 2 heterocycles. The van der Waals surface area contributed by atoms with Crippen LogP contribution in [0.25, 0.3) is 11.3 Å². The summed E-state index contributed by atoms with van der Waals surface area (Å²) in [6.07, 6.45) is 1.62. The SMILES string of the molecule is CCOc1ccc(-c2cc3n(n2)C[C@](C)(C(=O)NCCC(C)C)N(c2ccccc2CC)C3=O)cc1. The number of carbonyl (C=O) groups excluding carboxylic acids is 2. The van der Waals surface area contributed by atoms with E-state index in [2.05, 4.69) is 26.1 Å². The number of nitrogens with zero attached hydrogens (tertiary/aromatic N) is 3. The number of anilines is 1. The summed E-state index contributed by atoms with van der Waals surface area (Å²) in [6.45, 7) is 11.5. The minimum absolute atomic E-state index is 0.175. The first-order chi connectivity index (χ1) is 17.3. The van der Waals surface area contributed by atoms with E-state index in [0.29, 0.717) is 30.5 Å². The van der Waals surface area contributed by atoms with Crippen LogP contribution in [0.3, 0.4) is 0 Å². The van der Waals surface area contributed by atoms with E-state index >= 15 is 0 Å². The van der Waals surface area contributed by atoms with Crippen LogP contribution in [0.5, 0.6) is 5.75 Å². The van der Waals surface area contributed by atoms with Crippen LogP contribution in [0.1, 0.15) is 57.1 Å². The Morgan fingerprint density at radius 1 is 1.14 bits per heavy atom. The minimum atomic E-state index is -1.13. The van der Waals surface area contributed by atoms with Gasteiger partial charge in [-0.05, 0) is 74.6 Å². The monoisotopic (exact) mass is 488 g/mol. The number of para-hydroxylation sites is 1. The molecule has 7 heteroatoms. The molecule has 1 aromatic heterocycles. The van der Waals surface area contributed by atoms with Crippen LogP contribution >= 0.6 is 0 Å². The second-order valence-electron chi connectivity index (χ2n) is 9.86. The average Bonchev–Trinajstić information content (AvgIpc) is 3.28. The molecule has 1 aliphatic rings. The molecule has 4 rings (SSSR count). The van der Waals surface area contributed by atoms with Crippen LogP contribution in [0.15, 0.2) is 54.6 Å². The van der Waals surface area contributed by atoms with E-state index in [9.17, 15) is 9.59 Å². The van der Waals surface area contributed by atoms with Crippen molar-refractivity contribution in [2.45, 2.75) is 59.5 Å². The fraction of sp³-hybridized carbons (Fsp3) is 0.414. The molecule has 3 aromatic rings. The highest BCUT2D eigenvalue weighted by Gasteiger charge is 2.49. The Labute approximate surface area is 213 Å². The molecule has 7 nitrogen and oxygen atoms in total. The van der Waals surface area contributed by atoms with Gasteiger partial charge in [0.1, 0.15) is 17.0 Å². The normalized spacial score (nSPS) is 17.3. The number of benzene rings is 2. The van der Waals surface area contributed by atoms with Gasteiger partial charge in [0.05, 0.1) is 18.8 Å². The van der Waals surface area contributed by atoms with Gasteiger partial charge in [0.15, 0.2) is 0 Å². The minimum Gasteiger partial charge on any atom is -0.494 e. The first kappa shape index (κ1) is 25.5. The van der Waals surface area contributed by atoms with Crippen molar-refractivity contribution in [3.05, 3.63) is 65.9 Å². The highest BCUT2D eigenvalue weighted by atomic mass is 16.5. The number of aromatic nitrogens is 2. The van der Waals surface area contributed by atoms with E-state index in [1.54, 1.807) is 9.58 Å². The highest BCUT2D eigenvalue weighted by Crippen LogP contribution is 2.36. The van der Waals surface area contributed by atoms with Crippen LogP contribution in [0.4, 0.5) is 5.69 Å². The van der Waals surface area contributed by atoms with Crippen molar-refractivity contribution in [2.24, 2.45) is 5.92 Å². The van der Waals surface area contributed by atoms with Gasteiger partial charge in [-0.15, -0.1) is 0 Å². The number of hydrogen-bond donors (Lipinski definition) is 1. The summed E-state index contributed by atoms with van der Waals surface area (Å²) in [5.74, 6) is 0.853. The maximum Gasteiger partial charge on any atom is 0.277 e. The van der Waals surface area contributed by atoms with Crippen LogP contribution < -0.4 is 15.0 Å². The Kier molecular flexibility index (Phi) is 7.48. The van der Waals surface area contributed by atoms with Gasteiger partial charge in [-0.1, -0.05) is 39.0 Å². The van der Waals surface area contributed by atoms with Crippen LogP contribution in [-0.2, 0) is 17.8 Å². The summed E-state index contributed by atoms with van der Waals surface area (Å²) in [5, 5.41) is 7.83. The Morgan fingerprint density at radius 2 is 1.86 bits per heavy atom. The molecule has 0 saturated carbocycles. The summed E-state index contributed by atoms with van der Waals surface area (Å²) >= 11 is 0.